The molecule has 0 bridgehead atoms. The minimum absolute atomic E-state index is 0.0539. The van der Waals surface area contributed by atoms with E-state index in [4.69, 9.17) is 16.3 Å². The summed E-state index contributed by atoms with van der Waals surface area (Å²) in [4.78, 5) is 0. The first-order valence-corrected chi connectivity index (χ1v) is 8.24. The monoisotopic (exact) mass is 293 g/mol. The van der Waals surface area contributed by atoms with E-state index in [-0.39, 0.29) is 5.60 Å². The van der Waals surface area contributed by atoms with Crippen molar-refractivity contribution in [3.8, 4) is 5.75 Å². The van der Waals surface area contributed by atoms with Gasteiger partial charge in [0.1, 0.15) is 11.4 Å². The van der Waals surface area contributed by atoms with Crippen LogP contribution in [0.1, 0.15) is 62.6 Å². The molecule has 0 amide bonds. The molecule has 1 N–H and O–H groups in total. The summed E-state index contributed by atoms with van der Waals surface area (Å²) < 4.78 is 6.47. The number of rotatable bonds is 2. The minimum atomic E-state index is 0.0539. The van der Waals surface area contributed by atoms with E-state index in [1.807, 2.05) is 0 Å². The third-order valence-electron chi connectivity index (χ3n) is 4.78. The van der Waals surface area contributed by atoms with Crippen molar-refractivity contribution in [2.75, 3.05) is 6.54 Å². The van der Waals surface area contributed by atoms with E-state index in [1.165, 1.54) is 37.7 Å². The second kappa shape index (κ2) is 5.57. The summed E-state index contributed by atoms with van der Waals surface area (Å²) >= 11 is 6.31. The van der Waals surface area contributed by atoms with Crippen molar-refractivity contribution < 1.29 is 4.74 Å². The van der Waals surface area contributed by atoms with Crippen molar-refractivity contribution in [2.45, 2.75) is 64.0 Å². The highest BCUT2D eigenvalue weighted by Gasteiger charge is 2.41. The summed E-state index contributed by atoms with van der Waals surface area (Å²) in [7, 11) is 0. The molecule has 3 heteroatoms. The zero-order valence-electron chi connectivity index (χ0n) is 12.5. The lowest BCUT2D eigenvalue weighted by Gasteiger charge is -2.45. The molecule has 1 atom stereocenters. The van der Waals surface area contributed by atoms with E-state index in [2.05, 4.69) is 31.3 Å². The van der Waals surface area contributed by atoms with E-state index in [0.29, 0.717) is 6.04 Å². The van der Waals surface area contributed by atoms with E-state index in [9.17, 15) is 0 Å². The summed E-state index contributed by atoms with van der Waals surface area (Å²) in [6, 6.07) is 4.59. The van der Waals surface area contributed by atoms with Gasteiger partial charge in [-0.15, -0.1) is 0 Å². The molecule has 110 valence electrons. The molecule has 2 nitrogen and oxygen atoms in total. The Labute approximate surface area is 126 Å². The molecule has 1 saturated carbocycles. The van der Waals surface area contributed by atoms with Crippen LogP contribution >= 0.6 is 11.6 Å². The van der Waals surface area contributed by atoms with Gasteiger partial charge in [-0.1, -0.05) is 24.9 Å². The minimum Gasteiger partial charge on any atom is -0.487 e. The number of nitrogens with one attached hydrogen (secondary N) is 1. The molecule has 1 spiro atoms. The van der Waals surface area contributed by atoms with Gasteiger partial charge in [0.2, 0.25) is 0 Å². The normalized spacial score (nSPS) is 24.2. The van der Waals surface area contributed by atoms with Crippen LogP contribution in [0.15, 0.2) is 12.1 Å². The number of hydrogen-bond acceptors (Lipinski definition) is 2. The molecule has 0 aromatic heterocycles. The Bertz CT molecular complexity index is 494. The molecule has 3 rings (SSSR count). The molecule has 20 heavy (non-hydrogen) atoms. The highest BCUT2D eigenvalue weighted by molar-refractivity contribution is 6.31. The van der Waals surface area contributed by atoms with Crippen molar-refractivity contribution in [1.82, 2.24) is 5.32 Å². The highest BCUT2D eigenvalue weighted by Crippen LogP contribution is 2.47. The maximum Gasteiger partial charge on any atom is 0.125 e. The fourth-order valence-corrected chi connectivity index (χ4v) is 3.89. The fourth-order valence-electron chi connectivity index (χ4n) is 3.72. The lowest BCUT2D eigenvalue weighted by molar-refractivity contribution is -0.00247. The number of aryl methyl sites for hydroxylation is 1. The number of hydrogen-bond donors (Lipinski definition) is 1. The first-order valence-electron chi connectivity index (χ1n) is 7.86. The lowest BCUT2D eigenvalue weighted by Crippen LogP contribution is -2.45. The van der Waals surface area contributed by atoms with Crippen LogP contribution in [0.25, 0.3) is 0 Å². The van der Waals surface area contributed by atoms with Crippen LogP contribution in [0.5, 0.6) is 5.75 Å². The molecule has 1 aromatic rings. The topological polar surface area (TPSA) is 21.3 Å². The smallest absolute Gasteiger partial charge is 0.125 e. The molecular weight excluding hydrogens is 270 g/mol. The molecule has 1 fully saturated rings. The average Bonchev–Trinajstić information content (AvgIpc) is 2.42. The summed E-state index contributed by atoms with van der Waals surface area (Å²) in [6.45, 7) is 5.19. The summed E-state index contributed by atoms with van der Waals surface area (Å²) in [5, 5.41) is 4.46. The van der Waals surface area contributed by atoms with Crippen molar-refractivity contribution in [1.29, 1.82) is 0 Å². The Morgan fingerprint density at radius 2 is 2.05 bits per heavy atom. The van der Waals surface area contributed by atoms with E-state index >= 15 is 0 Å². The fraction of sp³-hybridized carbons (Fsp3) is 0.647. The molecule has 1 heterocycles. The van der Waals surface area contributed by atoms with Crippen molar-refractivity contribution in [2.24, 2.45) is 0 Å². The number of fused-ring (bicyclic) bond motifs is 1. The van der Waals surface area contributed by atoms with Gasteiger partial charge in [-0.2, -0.15) is 0 Å². The van der Waals surface area contributed by atoms with Gasteiger partial charge in [-0.05, 0) is 56.8 Å². The van der Waals surface area contributed by atoms with Crippen LogP contribution in [0.2, 0.25) is 5.02 Å². The highest BCUT2D eigenvalue weighted by atomic mass is 35.5. The Morgan fingerprint density at radius 1 is 1.30 bits per heavy atom. The Morgan fingerprint density at radius 3 is 2.75 bits per heavy atom. The van der Waals surface area contributed by atoms with Crippen LogP contribution in [0.3, 0.4) is 0 Å². The predicted octanol–water partition coefficient (Wildman–Crippen LogP) is 4.78. The van der Waals surface area contributed by atoms with Gasteiger partial charge in [0.25, 0.3) is 0 Å². The Kier molecular flexibility index (Phi) is 3.96. The number of ether oxygens (including phenoxy) is 1. The third kappa shape index (κ3) is 2.56. The maximum atomic E-state index is 6.47. The van der Waals surface area contributed by atoms with Crippen LogP contribution in [0.4, 0.5) is 0 Å². The first kappa shape index (κ1) is 14.2. The predicted molar refractivity (Wildman–Crippen MR) is 83.7 cm³/mol. The van der Waals surface area contributed by atoms with Crippen LogP contribution in [0, 0.1) is 6.92 Å². The Balaban J connectivity index is 1.98. The quantitative estimate of drug-likeness (QED) is 0.847. The van der Waals surface area contributed by atoms with Crippen molar-refractivity contribution in [3.63, 3.8) is 0 Å². The maximum absolute atomic E-state index is 6.47. The van der Waals surface area contributed by atoms with Gasteiger partial charge in [0, 0.05) is 23.0 Å². The van der Waals surface area contributed by atoms with Crippen molar-refractivity contribution in [3.05, 3.63) is 28.3 Å². The summed E-state index contributed by atoms with van der Waals surface area (Å²) in [5.74, 6) is 1.05. The third-order valence-corrected chi connectivity index (χ3v) is 5.19. The molecule has 1 aromatic carbocycles. The van der Waals surface area contributed by atoms with Gasteiger partial charge in [-0.3, -0.25) is 0 Å². The molecule has 2 aliphatic rings. The lowest BCUT2D eigenvalue weighted by atomic mass is 9.77. The van der Waals surface area contributed by atoms with Gasteiger partial charge in [-0.25, -0.2) is 0 Å². The van der Waals surface area contributed by atoms with Crippen LogP contribution in [-0.2, 0) is 0 Å². The standard InChI is InChI=1S/C17H24ClNO/c1-3-19-15-11-17(7-5-4-6-8-17)20-16-9-12(2)14(18)10-13(15)16/h9-10,15,19H,3-8,11H2,1-2H3. The zero-order valence-corrected chi connectivity index (χ0v) is 13.2. The summed E-state index contributed by atoms with van der Waals surface area (Å²) in [6.07, 6.45) is 7.39. The first-order chi connectivity index (χ1) is 9.63. The van der Waals surface area contributed by atoms with Gasteiger partial charge >= 0.3 is 0 Å². The molecule has 1 aliphatic heterocycles. The van der Waals surface area contributed by atoms with Crippen LogP contribution < -0.4 is 10.1 Å². The largest absolute Gasteiger partial charge is 0.487 e. The van der Waals surface area contributed by atoms with E-state index in [1.54, 1.807) is 0 Å². The molecule has 0 saturated heterocycles. The molecule has 0 radical (unpaired) electrons. The van der Waals surface area contributed by atoms with Gasteiger partial charge < -0.3 is 10.1 Å². The molecule has 1 unspecified atom stereocenters. The van der Waals surface area contributed by atoms with E-state index in [0.717, 1.165) is 29.3 Å². The number of halogens is 1. The molecule has 1 aliphatic carbocycles. The SMILES string of the molecule is CCNC1CC2(CCCCC2)Oc2cc(C)c(Cl)cc21. The van der Waals surface area contributed by atoms with Gasteiger partial charge in [0.15, 0.2) is 0 Å². The number of benzene rings is 1. The van der Waals surface area contributed by atoms with Gasteiger partial charge in [0.05, 0.1) is 0 Å². The zero-order chi connectivity index (χ0) is 14.2. The van der Waals surface area contributed by atoms with Crippen LogP contribution in [-0.4, -0.2) is 12.1 Å². The van der Waals surface area contributed by atoms with E-state index < -0.39 is 0 Å². The average molecular weight is 294 g/mol. The van der Waals surface area contributed by atoms with Crippen molar-refractivity contribution >= 4 is 11.6 Å². The molecular formula is C17H24ClNO. The Hall–Kier alpha value is -0.730. The summed E-state index contributed by atoms with van der Waals surface area (Å²) in [5.41, 5.74) is 2.39. The second-order valence-corrected chi connectivity index (χ2v) is 6.71. The second-order valence-electron chi connectivity index (χ2n) is 6.30.